The molecule has 3 heteroatoms. The summed E-state index contributed by atoms with van der Waals surface area (Å²) in [6.07, 6.45) is 4.05. The highest BCUT2D eigenvalue weighted by Crippen LogP contribution is 2.23. The Bertz CT molecular complexity index is 435. The predicted molar refractivity (Wildman–Crippen MR) is 87.4 cm³/mol. The lowest BCUT2D eigenvalue weighted by atomic mass is 9.92. The Kier molecular flexibility index (Phi) is 6.24. The fourth-order valence-corrected chi connectivity index (χ4v) is 2.99. The van der Waals surface area contributed by atoms with E-state index < -0.39 is 0 Å². The zero-order chi connectivity index (χ0) is 15.1. The highest BCUT2D eigenvalue weighted by molar-refractivity contribution is 5.76. The first-order chi connectivity index (χ1) is 10.2. The summed E-state index contributed by atoms with van der Waals surface area (Å²) in [6, 6.07) is 8.57. The van der Waals surface area contributed by atoms with Crippen LogP contribution in [0.3, 0.4) is 0 Å². The van der Waals surface area contributed by atoms with Gasteiger partial charge in [0.25, 0.3) is 0 Å². The zero-order valence-electron chi connectivity index (χ0n) is 13.3. The lowest BCUT2D eigenvalue weighted by Gasteiger charge is -2.23. The van der Waals surface area contributed by atoms with E-state index in [0.29, 0.717) is 18.3 Å². The van der Waals surface area contributed by atoms with Gasteiger partial charge in [-0.3, -0.25) is 4.79 Å². The summed E-state index contributed by atoms with van der Waals surface area (Å²) >= 11 is 0. The molecule has 1 fully saturated rings. The summed E-state index contributed by atoms with van der Waals surface area (Å²) in [5.74, 6) is 1.12. The number of amides is 1. The van der Waals surface area contributed by atoms with Crippen LogP contribution in [0.25, 0.3) is 0 Å². The highest BCUT2D eigenvalue weighted by atomic mass is 16.1. The molecule has 21 heavy (non-hydrogen) atoms. The minimum Gasteiger partial charge on any atom is -0.356 e. The molecule has 1 saturated heterocycles. The molecule has 2 atom stereocenters. The van der Waals surface area contributed by atoms with Gasteiger partial charge in [-0.05, 0) is 56.7 Å². The van der Waals surface area contributed by atoms with Crippen LogP contribution in [0, 0.1) is 12.8 Å². The fourth-order valence-electron chi connectivity index (χ4n) is 2.99. The summed E-state index contributed by atoms with van der Waals surface area (Å²) in [5, 5.41) is 6.51. The molecule has 0 aromatic heterocycles. The summed E-state index contributed by atoms with van der Waals surface area (Å²) < 4.78 is 0. The summed E-state index contributed by atoms with van der Waals surface area (Å²) in [6.45, 7) is 7.22. The lowest BCUT2D eigenvalue weighted by Crippen LogP contribution is -2.38. The lowest BCUT2D eigenvalue weighted by molar-refractivity contribution is -0.121. The molecule has 1 aliphatic heterocycles. The number of aryl methyl sites for hydroxylation is 1. The van der Waals surface area contributed by atoms with Crippen molar-refractivity contribution < 1.29 is 4.79 Å². The van der Waals surface area contributed by atoms with Crippen molar-refractivity contribution in [1.29, 1.82) is 0 Å². The Morgan fingerprint density at radius 1 is 1.38 bits per heavy atom. The second kappa shape index (κ2) is 8.18. The Labute approximate surface area is 128 Å². The SMILES string of the molecule is CCC(CC(=O)NCC1CCCNC1)c1ccc(C)cc1. The third-order valence-corrected chi connectivity index (χ3v) is 4.46. The van der Waals surface area contributed by atoms with Crippen LogP contribution < -0.4 is 10.6 Å². The minimum atomic E-state index is 0.188. The van der Waals surface area contributed by atoms with Crippen molar-refractivity contribution in [3.05, 3.63) is 35.4 Å². The topological polar surface area (TPSA) is 41.1 Å². The van der Waals surface area contributed by atoms with Gasteiger partial charge in [0.1, 0.15) is 0 Å². The average Bonchev–Trinajstić information content (AvgIpc) is 2.52. The molecule has 0 saturated carbocycles. The van der Waals surface area contributed by atoms with Gasteiger partial charge in [0, 0.05) is 13.0 Å². The van der Waals surface area contributed by atoms with Crippen LogP contribution in [-0.2, 0) is 4.79 Å². The number of hydrogen-bond acceptors (Lipinski definition) is 2. The molecule has 2 unspecified atom stereocenters. The first-order valence-corrected chi connectivity index (χ1v) is 8.23. The molecule has 0 aliphatic carbocycles. The van der Waals surface area contributed by atoms with Crippen LogP contribution in [0.4, 0.5) is 0 Å². The van der Waals surface area contributed by atoms with Crippen molar-refractivity contribution in [3.63, 3.8) is 0 Å². The Morgan fingerprint density at radius 2 is 2.14 bits per heavy atom. The van der Waals surface area contributed by atoms with Crippen LogP contribution in [0.15, 0.2) is 24.3 Å². The van der Waals surface area contributed by atoms with E-state index >= 15 is 0 Å². The summed E-state index contributed by atoms with van der Waals surface area (Å²) in [7, 11) is 0. The van der Waals surface area contributed by atoms with Gasteiger partial charge < -0.3 is 10.6 Å². The third-order valence-electron chi connectivity index (χ3n) is 4.46. The van der Waals surface area contributed by atoms with Gasteiger partial charge in [0.05, 0.1) is 0 Å². The molecule has 2 rings (SSSR count). The number of carbonyl (C=O) groups is 1. The molecule has 2 N–H and O–H groups in total. The molecule has 3 nitrogen and oxygen atoms in total. The largest absolute Gasteiger partial charge is 0.356 e. The minimum absolute atomic E-state index is 0.188. The van der Waals surface area contributed by atoms with Gasteiger partial charge >= 0.3 is 0 Å². The van der Waals surface area contributed by atoms with E-state index in [-0.39, 0.29) is 5.91 Å². The van der Waals surface area contributed by atoms with Crippen molar-refractivity contribution in [2.75, 3.05) is 19.6 Å². The maximum atomic E-state index is 12.2. The van der Waals surface area contributed by atoms with Gasteiger partial charge in [-0.15, -0.1) is 0 Å². The molecule has 1 aromatic rings. The van der Waals surface area contributed by atoms with E-state index in [9.17, 15) is 4.79 Å². The number of benzene rings is 1. The molecule has 1 amide bonds. The van der Waals surface area contributed by atoms with E-state index in [0.717, 1.165) is 26.1 Å². The maximum absolute atomic E-state index is 12.2. The number of nitrogens with one attached hydrogen (secondary N) is 2. The number of rotatable bonds is 6. The van der Waals surface area contributed by atoms with Crippen LogP contribution in [-0.4, -0.2) is 25.5 Å². The van der Waals surface area contributed by atoms with E-state index in [2.05, 4.69) is 48.7 Å². The quantitative estimate of drug-likeness (QED) is 0.845. The maximum Gasteiger partial charge on any atom is 0.220 e. The standard InChI is InChI=1S/C18H28N2O/c1-3-16(17-8-6-14(2)7-9-17)11-18(21)20-13-15-5-4-10-19-12-15/h6-9,15-16,19H,3-5,10-13H2,1-2H3,(H,20,21). The van der Waals surface area contributed by atoms with E-state index in [4.69, 9.17) is 0 Å². The number of carbonyl (C=O) groups excluding carboxylic acids is 1. The first-order valence-electron chi connectivity index (χ1n) is 8.23. The van der Waals surface area contributed by atoms with Crippen molar-refractivity contribution in [2.45, 2.75) is 45.4 Å². The van der Waals surface area contributed by atoms with Crippen molar-refractivity contribution in [3.8, 4) is 0 Å². The monoisotopic (exact) mass is 288 g/mol. The fraction of sp³-hybridized carbons (Fsp3) is 0.611. The highest BCUT2D eigenvalue weighted by Gasteiger charge is 2.17. The van der Waals surface area contributed by atoms with E-state index in [1.807, 2.05) is 0 Å². The van der Waals surface area contributed by atoms with Crippen LogP contribution in [0.1, 0.15) is 49.7 Å². The smallest absolute Gasteiger partial charge is 0.220 e. The molecule has 1 aromatic carbocycles. The molecular formula is C18H28N2O. The molecule has 1 aliphatic rings. The van der Waals surface area contributed by atoms with Gasteiger partial charge in [-0.2, -0.15) is 0 Å². The Hall–Kier alpha value is -1.35. The van der Waals surface area contributed by atoms with Crippen LogP contribution >= 0.6 is 0 Å². The molecule has 0 radical (unpaired) electrons. The Balaban J connectivity index is 1.80. The van der Waals surface area contributed by atoms with Crippen LogP contribution in [0.2, 0.25) is 0 Å². The van der Waals surface area contributed by atoms with Gasteiger partial charge in [0.2, 0.25) is 5.91 Å². The van der Waals surface area contributed by atoms with Gasteiger partial charge in [0.15, 0.2) is 0 Å². The number of hydrogen-bond donors (Lipinski definition) is 2. The van der Waals surface area contributed by atoms with Gasteiger partial charge in [-0.25, -0.2) is 0 Å². The second-order valence-electron chi connectivity index (χ2n) is 6.24. The van der Waals surface area contributed by atoms with Crippen LogP contribution in [0.5, 0.6) is 0 Å². The summed E-state index contributed by atoms with van der Waals surface area (Å²) in [4.78, 5) is 12.2. The van der Waals surface area contributed by atoms with Gasteiger partial charge in [-0.1, -0.05) is 36.8 Å². The van der Waals surface area contributed by atoms with Crippen molar-refractivity contribution in [1.82, 2.24) is 10.6 Å². The molecular weight excluding hydrogens is 260 g/mol. The molecule has 0 spiro atoms. The third kappa shape index (κ3) is 5.16. The van der Waals surface area contributed by atoms with Crippen molar-refractivity contribution >= 4 is 5.91 Å². The average molecular weight is 288 g/mol. The molecule has 0 bridgehead atoms. The second-order valence-corrected chi connectivity index (χ2v) is 6.24. The summed E-state index contributed by atoms with van der Waals surface area (Å²) in [5.41, 5.74) is 2.54. The van der Waals surface area contributed by atoms with Crippen molar-refractivity contribution in [2.24, 2.45) is 5.92 Å². The van der Waals surface area contributed by atoms with E-state index in [1.165, 1.54) is 24.0 Å². The molecule has 1 heterocycles. The molecule has 116 valence electrons. The number of piperidine rings is 1. The van der Waals surface area contributed by atoms with E-state index in [1.54, 1.807) is 0 Å². The first kappa shape index (κ1) is 16.0. The normalized spacial score (nSPS) is 20.0. The Morgan fingerprint density at radius 3 is 2.76 bits per heavy atom. The predicted octanol–water partition coefficient (Wildman–Crippen LogP) is 2.99. The zero-order valence-corrected chi connectivity index (χ0v) is 13.3.